The van der Waals surface area contributed by atoms with Gasteiger partial charge in [0.1, 0.15) is 17.5 Å². The number of rotatable bonds is 5. The van der Waals surface area contributed by atoms with Gasteiger partial charge >= 0.3 is 0 Å². The molecule has 2 N–H and O–H groups in total. The highest BCUT2D eigenvalue weighted by Gasteiger charge is 2.25. The predicted octanol–water partition coefficient (Wildman–Crippen LogP) is 2.77. The Kier molecular flexibility index (Phi) is 3.82. The summed E-state index contributed by atoms with van der Waals surface area (Å²) in [5.41, 5.74) is 13.7. The van der Waals surface area contributed by atoms with Crippen LogP contribution in [0.5, 0.6) is 0 Å². The van der Waals surface area contributed by atoms with Gasteiger partial charge in [0.05, 0.1) is 5.56 Å². The number of nitrogens with two attached hydrogens (primary N) is 1. The topological polar surface area (TPSA) is 53.4 Å². The molecule has 1 aliphatic rings. The molecule has 1 aliphatic heterocycles. The van der Waals surface area contributed by atoms with Crippen LogP contribution in [0.25, 0.3) is 23.7 Å². The fourth-order valence-corrected chi connectivity index (χ4v) is 3.53. The van der Waals surface area contributed by atoms with Gasteiger partial charge in [-0.3, -0.25) is 4.79 Å². The number of hydrogen-bond acceptors (Lipinski definition) is 2. The highest BCUT2D eigenvalue weighted by atomic mass is 16.1. The maximum absolute atomic E-state index is 10.8. The zero-order chi connectivity index (χ0) is 17.4. The number of nitrogens with zero attached hydrogens (tertiary/aromatic N) is 2. The molecule has 0 saturated heterocycles. The third-order valence-electron chi connectivity index (χ3n) is 4.65. The van der Waals surface area contributed by atoms with Crippen LogP contribution in [0.2, 0.25) is 0 Å². The smallest absolute Gasteiger partial charge is 0.242 e. The largest absolute Gasteiger partial charge is 0.330 e. The molecular weight excluding hydrogens is 310 g/mol. The van der Waals surface area contributed by atoms with Crippen molar-refractivity contribution in [2.24, 2.45) is 5.73 Å². The summed E-state index contributed by atoms with van der Waals surface area (Å²) >= 11 is 0. The van der Waals surface area contributed by atoms with E-state index in [1.54, 1.807) is 0 Å². The number of aldehydes is 1. The molecule has 4 heteroatoms. The van der Waals surface area contributed by atoms with Crippen molar-refractivity contribution in [1.29, 1.82) is 0 Å². The van der Waals surface area contributed by atoms with E-state index in [-0.39, 0.29) is 0 Å². The van der Waals surface area contributed by atoms with Crippen LogP contribution in [0, 0.1) is 13.1 Å². The normalized spacial score (nSPS) is 12.9. The summed E-state index contributed by atoms with van der Waals surface area (Å²) in [6, 6.07) is 9.77. The second kappa shape index (κ2) is 6.15. The minimum Gasteiger partial charge on any atom is -0.330 e. The summed E-state index contributed by atoms with van der Waals surface area (Å²) in [6.45, 7) is 2.78. The van der Waals surface area contributed by atoms with Gasteiger partial charge in [-0.1, -0.05) is 34.7 Å². The van der Waals surface area contributed by atoms with Gasteiger partial charge in [0.25, 0.3) is 0 Å². The zero-order valence-electron chi connectivity index (χ0n) is 14.1. The molecule has 3 heterocycles. The zero-order valence-corrected chi connectivity index (χ0v) is 14.1. The number of carbonyl (C=O) groups excluding carboxylic acids is 1. The van der Waals surface area contributed by atoms with Crippen molar-refractivity contribution >= 4 is 30.0 Å². The lowest BCUT2D eigenvalue weighted by molar-refractivity contribution is -0.583. The third kappa shape index (κ3) is 2.51. The molecule has 2 aromatic heterocycles. The van der Waals surface area contributed by atoms with Gasteiger partial charge in [-0.25, -0.2) is 0 Å². The maximum atomic E-state index is 10.8. The fraction of sp³-hybridized carbons (Fsp3) is 0.143. The van der Waals surface area contributed by atoms with Crippen LogP contribution >= 0.6 is 0 Å². The van der Waals surface area contributed by atoms with Gasteiger partial charge in [-0.05, 0) is 43.2 Å². The molecular formula is C21H20N3O+. The van der Waals surface area contributed by atoms with Crippen molar-refractivity contribution in [3.63, 3.8) is 0 Å². The van der Waals surface area contributed by atoms with Crippen molar-refractivity contribution in [2.75, 3.05) is 6.54 Å². The highest BCUT2D eigenvalue weighted by molar-refractivity contribution is 5.78. The summed E-state index contributed by atoms with van der Waals surface area (Å²) in [6.07, 6.45) is 12.2. The summed E-state index contributed by atoms with van der Waals surface area (Å²) in [5, 5.41) is 0. The Morgan fingerprint density at radius 2 is 1.92 bits per heavy atom. The van der Waals surface area contributed by atoms with Crippen molar-refractivity contribution in [3.8, 4) is 0 Å². The van der Waals surface area contributed by atoms with E-state index in [0.717, 1.165) is 24.0 Å². The number of aromatic nitrogens is 2. The van der Waals surface area contributed by atoms with Gasteiger partial charge in [0.15, 0.2) is 0 Å². The summed E-state index contributed by atoms with van der Waals surface area (Å²) < 4.78 is 4.43. The van der Waals surface area contributed by atoms with Crippen LogP contribution in [0.15, 0.2) is 36.4 Å². The second-order valence-electron chi connectivity index (χ2n) is 6.29. The van der Waals surface area contributed by atoms with E-state index in [2.05, 4.69) is 52.4 Å². The van der Waals surface area contributed by atoms with Crippen LogP contribution in [-0.2, 0) is 6.42 Å². The molecule has 25 heavy (non-hydrogen) atoms. The number of benzene rings is 1. The second-order valence-corrected chi connectivity index (χ2v) is 6.29. The quantitative estimate of drug-likeness (QED) is 0.578. The summed E-state index contributed by atoms with van der Waals surface area (Å²) in [5.74, 6) is 0. The monoisotopic (exact) mass is 330 g/mol. The van der Waals surface area contributed by atoms with E-state index >= 15 is 0 Å². The molecule has 0 bridgehead atoms. The Morgan fingerprint density at radius 1 is 1.16 bits per heavy atom. The van der Waals surface area contributed by atoms with Crippen LogP contribution in [0.1, 0.15) is 38.4 Å². The summed E-state index contributed by atoms with van der Waals surface area (Å²) in [7, 11) is 0. The van der Waals surface area contributed by atoms with Crippen molar-refractivity contribution < 1.29 is 9.15 Å². The van der Waals surface area contributed by atoms with Gasteiger partial charge in [0, 0.05) is 17.7 Å². The fourth-order valence-electron chi connectivity index (χ4n) is 3.53. The van der Waals surface area contributed by atoms with Crippen LogP contribution in [0.4, 0.5) is 0 Å². The third-order valence-corrected chi connectivity index (χ3v) is 4.65. The van der Waals surface area contributed by atoms with E-state index in [4.69, 9.17) is 5.73 Å². The van der Waals surface area contributed by atoms with Crippen molar-refractivity contribution in [2.45, 2.75) is 13.3 Å². The van der Waals surface area contributed by atoms with Gasteiger partial charge in [-0.15, -0.1) is 4.52 Å². The first kappa shape index (κ1) is 15.5. The first-order chi connectivity index (χ1) is 12.2. The van der Waals surface area contributed by atoms with Gasteiger partial charge in [0.2, 0.25) is 11.9 Å². The lowest BCUT2D eigenvalue weighted by atomic mass is 10.1. The number of allylic oxidation sites excluding steroid dienone is 1. The number of aryl methyl sites for hydroxylation is 1. The highest BCUT2D eigenvalue weighted by Crippen LogP contribution is 2.25. The average molecular weight is 330 g/mol. The Labute approximate surface area is 146 Å². The SMILES string of the molecule is Cc1cc(/C=C/c2ccc(C=O)cc2)n2c1c(CCN)c1[n+]2=CC=C1. The van der Waals surface area contributed by atoms with Gasteiger partial charge in [-0.2, -0.15) is 0 Å². The lowest BCUT2D eigenvalue weighted by Gasteiger charge is -1.93. The van der Waals surface area contributed by atoms with Crippen LogP contribution in [0.3, 0.4) is 0 Å². The predicted molar refractivity (Wildman–Crippen MR) is 100 cm³/mol. The van der Waals surface area contributed by atoms with E-state index in [9.17, 15) is 4.79 Å². The molecule has 0 aliphatic carbocycles. The van der Waals surface area contributed by atoms with E-state index < -0.39 is 0 Å². The first-order valence-corrected chi connectivity index (χ1v) is 8.43. The molecule has 3 aromatic rings. The molecule has 124 valence electrons. The molecule has 0 fully saturated rings. The minimum atomic E-state index is 0.638. The Bertz CT molecular complexity index is 1070. The molecule has 0 saturated carbocycles. The van der Waals surface area contributed by atoms with Crippen molar-refractivity contribution in [1.82, 2.24) is 4.52 Å². The maximum Gasteiger partial charge on any atom is 0.242 e. The Morgan fingerprint density at radius 3 is 2.64 bits per heavy atom. The average Bonchev–Trinajstić information content (AvgIpc) is 3.29. The molecule has 0 amide bonds. The van der Waals surface area contributed by atoms with Crippen molar-refractivity contribution in [3.05, 3.63) is 76.3 Å². The lowest BCUT2D eigenvalue weighted by Crippen LogP contribution is -2.24. The Balaban J connectivity index is 1.82. The summed E-state index contributed by atoms with van der Waals surface area (Å²) in [4.78, 5) is 10.8. The van der Waals surface area contributed by atoms with E-state index in [0.29, 0.717) is 12.1 Å². The van der Waals surface area contributed by atoms with Crippen LogP contribution in [-0.4, -0.2) is 17.3 Å². The minimum absolute atomic E-state index is 0.638. The number of carbonyl (C=O) groups is 1. The van der Waals surface area contributed by atoms with E-state index in [1.165, 1.54) is 22.3 Å². The number of fused-ring (bicyclic) bond motifs is 3. The molecule has 0 atom stereocenters. The molecule has 4 nitrogen and oxygen atoms in total. The van der Waals surface area contributed by atoms with E-state index in [1.807, 2.05) is 24.3 Å². The standard InChI is InChI=1S/C21H20N3O/c1-15-13-18(9-8-16-4-6-17(14-25)7-5-16)24-21(15)19(10-11-22)20-3-2-12-23(20)24/h2-9,12-14H,10-11,22H2,1H3/q+1/b9-8+. The van der Waals surface area contributed by atoms with Gasteiger partial charge < -0.3 is 5.73 Å². The molecule has 0 spiro atoms. The number of hydrogen-bond donors (Lipinski definition) is 1. The first-order valence-electron chi connectivity index (χ1n) is 8.43. The Hall–Kier alpha value is -2.98. The molecule has 0 radical (unpaired) electrons. The molecule has 0 unspecified atom stereocenters. The molecule has 1 aromatic carbocycles. The molecule has 4 rings (SSSR count). The van der Waals surface area contributed by atoms with Crippen LogP contribution < -0.4 is 10.1 Å².